The van der Waals surface area contributed by atoms with Gasteiger partial charge in [-0.05, 0) is 24.1 Å². The second-order valence-corrected chi connectivity index (χ2v) is 3.71. The van der Waals surface area contributed by atoms with Crippen LogP contribution >= 0.6 is 15.9 Å². The van der Waals surface area contributed by atoms with Gasteiger partial charge >= 0.3 is 0 Å². The predicted octanol–water partition coefficient (Wildman–Crippen LogP) is 2.69. The SMILES string of the molecule is C[C](CO)c1cccc(Br)c1C. The Hall–Kier alpha value is -0.340. The van der Waals surface area contributed by atoms with Gasteiger partial charge in [-0.1, -0.05) is 35.0 Å². The summed E-state index contributed by atoms with van der Waals surface area (Å²) in [7, 11) is 0. The van der Waals surface area contributed by atoms with Crippen molar-refractivity contribution in [3.63, 3.8) is 0 Å². The minimum absolute atomic E-state index is 0.122. The third-order valence-corrected chi connectivity index (χ3v) is 2.82. The number of aliphatic hydroxyl groups is 1. The van der Waals surface area contributed by atoms with Crippen LogP contribution in [-0.4, -0.2) is 11.7 Å². The molecular formula is C10H12BrO. The molecule has 0 amide bonds. The molecule has 0 saturated carbocycles. The van der Waals surface area contributed by atoms with Gasteiger partial charge in [0.2, 0.25) is 0 Å². The van der Waals surface area contributed by atoms with Crippen LogP contribution < -0.4 is 0 Å². The zero-order valence-corrected chi connectivity index (χ0v) is 8.85. The summed E-state index contributed by atoms with van der Waals surface area (Å²) in [5.41, 5.74) is 2.32. The van der Waals surface area contributed by atoms with Gasteiger partial charge < -0.3 is 5.11 Å². The zero-order chi connectivity index (χ0) is 9.14. The molecule has 1 nitrogen and oxygen atoms in total. The van der Waals surface area contributed by atoms with Gasteiger partial charge in [0.15, 0.2) is 0 Å². The summed E-state index contributed by atoms with van der Waals surface area (Å²) in [6, 6.07) is 6.00. The number of hydrogen-bond donors (Lipinski definition) is 1. The number of halogens is 1. The van der Waals surface area contributed by atoms with Crippen molar-refractivity contribution >= 4 is 15.9 Å². The maximum atomic E-state index is 8.95. The van der Waals surface area contributed by atoms with E-state index in [2.05, 4.69) is 15.9 Å². The molecule has 1 rings (SSSR count). The summed E-state index contributed by atoms with van der Waals surface area (Å²) in [5.74, 6) is 1.01. The lowest BCUT2D eigenvalue weighted by atomic mass is 9.97. The van der Waals surface area contributed by atoms with Crippen LogP contribution in [-0.2, 0) is 0 Å². The van der Waals surface area contributed by atoms with Gasteiger partial charge in [-0.15, -0.1) is 0 Å². The van der Waals surface area contributed by atoms with Crippen molar-refractivity contribution in [3.8, 4) is 0 Å². The van der Waals surface area contributed by atoms with E-state index in [9.17, 15) is 0 Å². The van der Waals surface area contributed by atoms with Crippen LogP contribution in [0.4, 0.5) is 0 Å². The molecule has 0 atom stereocenters. The quantitative estimate of drug-likeness (QED) is 0.825. The van der Waals surface area contributed by atoms with Crippen LogP contribution in [0.2, 0.25) is 0 Å². The summed E-state index contributed by atoms with van der Waals surface area (Å²) in [6.45, 7) is 4.10. The molecule has 1 N–H and O–H groups in total. The smallest absolute Gasteiger partial charge is 0.0534 e. The van der Waals surface area contributed by atoms with E-state index < -0.39 is 0 Å². The lowest BCUT2D eigenvalue weighted by molar-refractivity contribution is 0.314. The molecule has 12 heavy (non-hydrogen) atoms. The monoisotopic (exact) mass is 227 g/mol. The van der Waals surface area contributed by atoms with Gasteiger partial charge in [-0.2, -0.15) is 0 Å². The van der Waals surface area contributed by atoms with Crippen molar-refractivity contribution in [2.45, 2.75) is 13.8 Å². The number of hydrogen-bond acceptors (Lipinski definition) is 1. The Morgan fingerprint density at radius 3 is 2.75 bits per heavy atom. The minimum atomic E-state index is 0.122. The second-order valence-electron chi connectivity index (χ2n) is 2.85. The Morgan fingerprint density at radius 2 is 2.17 bits per heavy atom. The largest absolute Gasteiger partial charge is 0.395 e. The van der Waals surface area contributed by atoms with Gasteiger partial charge in [-0.3, -0.25) is 0 Å². The third-order valence-electron chi connectivity index (χ3n) is 1.96. The first-order valence-corrected chi connectivity index (χ1v) is 4.65. The minimum Gasteiger partial charge on any atom is -0.395 e. The highest BCUT2D eigenvalue weighted by molar-refractivity contribution is 9.10. The van der Waals surface area contributed by atoms with Gasteiger partial charge in [0.1, 0.15) is 0 Å². The van der Waals surface area contributed by atoms with Crippen molar-refractivity contribution in [2.24, 2.45) is 0 Å². The van der Waals surface area contributed by atoms with E-state index >= 15 is 0 Å². The van der Waals surface area contributed by atoms with E-state index in [-0.39, 0.29) is 6.61 Å². The number of aliphatic hydroxyl groups excluding tert-OH is 1. The Bertz CT molecular complexity index is 271. The predicted molar refractivity (Wildman–Crippen MR) is 54.0 cm³/mol. The van der Waals surface area contributed by atoms with Crippen molar-refractivity contribution in [1.82, 2.24) is 0 Å². The van der Waals surface area contributed by atoms with Gasteiger partial charge in [0.25, 0.3) is 0 Å². The van der Waals surface area contributed by atoms with Crippen LogP contribution in [0.3, 0.4) is 0 Å². The maximum absolute atomic E-state index is 8.95. The van der Waals surface area contributed by atoms with Crippen molar-refractivity contribution in [1.29, 1.82) is 0 Å². The first kappa shape index (κ1) is 9.75. The van der Waals surface area contributed by atoms with E-state index in [0.717, 1.165) is 16.0 Å². The molecule has 0 saturated heterocycles. The van der Waals surface area contributed by atoms with E-state index in [1.165, 1.54) is 5.56 Å². The summed E-state index contributed by atoms with van der Waals surface area (Å²) in [6.07, 6.45) is 0. The Balaban J connectivity index is 3.07. The van der Waals surface area contributed by atoms with E-state index in [0.29, 0.717) is 0 Å². The van der Waals surface area contributed by atoms with Gasteiger partial charge in [0, 0.05) is 10.4 Å². The van der Waals surface area contributed by atoms with Crippen molar-refractivity contribution < 1.29 is 5.11 Å². The topological polar surface area (TPSA) is 20.2 Å². The van der Waals surface area contributed by atoms with Crippen LogP contribution in [0, 0.1) is 12.8 Å². The molecular weight excluding hydrogens is 216 g/mol. The molecule has 2 heteroatoms. The third kappa shape index (κ3) is 1.87. The van der Waals surface area contributed by atoms with E-state index in [4.69, 9.17) is 5.11 Å². The first-order chi connectivity index (χ1) is 5.66. The fourth-order valence-electron chi connectivity index (χ4n) is 1.15. The summed E-state index contributed by atoms with van der Waals surface area (Å²) < 4.78 is 1.09. The second kappa shape index (κ2) is 4.06. The van der Waals surface area contributed by atoms with Crippen LogP contribution in [0.15, 0.2) is 22.7 Å². The number of benzene rings is 1. The first-order valence-electron chi connectivity index (χ1n) is 3.85. The highest BCUT2D eigenvalue weighted by Crippen LogP contribution is 2.24. The lowest BCUT2D eigenvalue weighted by Gasteiger charge is -2.11. The summed E-state index contributed by atoms with van der Waals surface area (Å²) in [5, 5.41) is 8.95. The van der Waals surface area contributed by atoms with Crippen LogP contribution in [0.25, 0.3) is 0 Å². The Kier molecular flexibility index (Phi) is 3.29. The average molecular weight is 228 g/mol. The highest BCUT2D eigenvalue weighted by atomic mass is 79.9. The maximum Gasteiger partial charge on any atom is 0.0534 e. The Labute approximate surface area is 81.6 Å². The lowest BCUT2D eigenvalue weighted by Crippen LogP contribution is -2.02. The molecule has 0 unspecified atom stereocenters. The highest BCUT2D eigenvalue weighted by Gasteiger charge is 2.08. The molecule has 0 bridgehead atoms. The van der Waals surface area contributed by atoms with E-state index in [1.807, 2.05) is 32.0 Å². The number of rotatable bonds is 2. The fraction of sp³-hybridized carbons (Fsp3) is 0.300. The molecule has 0 fully saturated rings. The van der Waals surface area contributed by atoms with E-state index in [1.54, 1.807) is 0 Å². The molecule has 0 aliphatic rings. The average Bonchev–Trinajstić information content (AvgIpc) is 2.08. The molecule has 0 aliphatic heterocycles. The van der Waals surface area contributed by atoms with Crippen molar-refractivity contribution in [2.75, 3.05) is 6.61 Å². The summed E-state index contributed by atoms with van der Waals surface area (Å²) in [4.78, 5) is 0. The normalized spacial score (nSPS) is 10.8. The molecule has 1 aromatic carbocycles. The molecule has 1 radical (unpaired) electrons. The van der Waals surface area contributed by atoms with Crippen LogP contribution in [0.5, 0.6) is 0 Å². The van der Waals surface area contributed by atoms with Crippen LogP contribution in [0.1, 0.15) is 18.1 Å². The van der Waals surface area contributed by atoms with Crippen molar-refractivity contribution in [3.05, 3.63) is 39.7 Å². The molecule has 65 valence electrons. The molecule has 1 aromatic rings. The molecule has 0 aliphatic carbocycles. The fourth-order valence-corrected chi connectivity index (χ4v) is 1.52. The summed E-state index contributed by atoms with van der Waals surface area (Å²) >= 11 is 3.45. The molecule has 0 spiro atoms. The van der Waals surface area contributed by atoms with Gasteiger partial charge in [0.05, 0.1) is 6.61 Å². The molecule has 0 aromatic heterocycles. The van der Waals surface area contributed by atoms with Gasteiger partial charge in [-0.25, -0.2) is 0 Å². The standard InChI is InChI=1S/C10H12BrO/c1-7(6-12)9-4-3-5-10(11)8(9)2/h3-5,12H,6H2,1-2H3. The molecule has 0 heterocycles. The Morgan fingerprint density at radius 1 is 1.50 bits per heavy atom. The zero-order valence-electron chi connectivity index (χ0n) is 7.26.